The van der Waals surface area contributed by atoms with Crippen molar-refractivity contribution in [3.8, 4) is 0 Å². The topological polar surface area (TPSA) is 89.9 Å². The number of alkyl halides is 2. The van der Waals surface area contributed by atoms with E-state index >= 15 is 0 Å². The molecule has 4 saturated carbocycles. The Bertz CT molecular complexity index is 681. The molecule has 0 aromatic heterocycles. The molecule has 3 atom stereocenters. The Balaban J connectivity index is 1.91. The summed E-state index contributed by atoms with van der Waals surface area (Å²) in [4.78, 5) is 36.8. The molecule has 0 spiro atoms. The largest absolute Gasteiger partial charge is 0.477 e. The van der Waals surface area contributed by atoms with Crippen molar-refractivity contribution in [1.82, 2.24) is 0 Å². The minimum absolute atomic E-state index is 0.140. The number of esters is 2. The van der Waals surface area contributed by atoms with Crippen molar-refractivity contribution in [3.05, 3.63) is 0 Å². The molecule has 4 bridgehead atoms. The Kier molecular flexibility index (Phi) is 4.79. The van der Waals surface area contributed by atoms with Gasteiger partial charge in [0.15, 0.2) is 6.10 Å². The van der Waals surface area contributed by atoms with Crippen molar-refractivity contribution in [2.75, 3.05) is 7.11 Å². The third-order valence-electron chi connectivity index (χ3n) is 6.74. The van der Waals surface area contributed by atoms with Gasteiger partial charge >= 0.3 is 23.8 Å². The minimum Gasteiger partial charge on any atom is -0.477 e. The summed E-state index contributed by atoms with van der Waals surface area (Å²) >= 11 is 0. The van der Waals surface area contributed by atoms with Gasteiger partial charge in [0, 0.05) is 5.41 Å². The summed E-state index contributed by atoms with van der Waals surface area (Å²) in [6, 6.07) is 0. The van der Waals surface area contributed by atoms with Gasteiger partial charge in [-0.25, -0.2) is 4.79 Å². The van der Waals surface area contributed by atoms with E-state index in [0.717, 1.165) is 6.42 Å². The van der Waals surface area contributed by atoms with Crippen molar-refractivity contribution >= 4 is 17.9 Å². The van der Waals surface area contributed by atoms with Crippen LogP contribution >= 0.6 is 0 Å². The molecule has 1 N–H and O–H groups in total. The van der Waals surface area contributed by atoms with Gasteiger partial charge in [0.25, 0.3) is 0 Å². The lowest BCUT2D eigenvalue weighted by atomic mass is 9.44. The van der Waals surface area contributed by atoms with E-state index in [9.17, 15) is 23.2 Å². The summed E-state index contributed by atoms with van der Waals surface area (Å²) in [7, 11) is 1.31. The Morgan fingerprint density at radius 1 is 1.00 bits per heavy atom. The third-order valence-corrected chi connectivity index (χ3v) is 6.74. The number of carboxylic acid groups (broad SMARTS) is 1. The number of carboxylic acids is 1. The minimum atomic E-state index is -4.21. The van der Waals surface area contributed by atoms with Crippen LogP contribution in [0, 0.1) is 28.1 Å². The van der Waals surface area contributed by atoms with Gasteiger partial charge in [-0.1, -0.05) is 20.8 Å². The first kappa shape index (κ1) is 21.0. The molecule has 0 radical (unpaired) electrons. The van der Waals surface area contributed by atoms with E-state index in [1.54, 1.807) is 0 Å². The lowest BCUT2D eigenvalue weighted by Crippen LogP contribution is -2.60. The molecule has 0 heterocycles. The Morgan fingerprint density at radius 2 is 1.46 bits per heavy atom. The molecule has 158 valence electrons. The zero-order chi connectivity index (χ0) is 21.1. The summed E-state index contributed by atoms with van der Waals surface area (Å²) in [5.74, 6) is -7.42. The molecule has 3 unspecified atom stereocenters. The molecule has 4 rings (SSSR count). The van der Waals surface area contributed by atoms with Crippen LogP contribution in [0.15, 0.2) is 0 Å². The lowest BCUT2D eigenvalue weighted by molar-refractivity contribution is -0.223. The quantitative estimate of drug-likeness (QED) is 0.709. The number of aliphatic carboxylic acids is 1. The number of methoxy groups -OCH3 is 1. The van der Waals surface area contributed by atoms with E-state index in [4.69, 9.17) is 14.6 Å². The van der Waals surface area contributed by atoms with Gasteiger partial charge in [0.05, 0.1) is 17.9 Å². The molecule has 0 saturated heterocycles. The lowest BCUT2D eigenvalue weighted by Gasteiger charge is -2.59. The van der Waals surface area contributed by atoms with Crippen LogP contribution in [0.25, 0.3) is 0 Å². The first-order valence-electron chi connectivity index (χ1n) is 9.66. The van der Waals surface area contributed by atoms with Crippen LogP contribution in [0.1, 0.15) is 59.3 Å². The van der Waals surface area contributed by atoms with Gasteiger partial charge in [-0.3, -0.25) is 9.59 Å². The number of ether oxygens (including phenoxy) is 2. The van der Waals surface area contributed by atoms with Crippen molar-refractivity contribution in [2.45, 2.75) is 71.3 Å². The summed E-state index contributed by atoms with van der Waals surface area (Å²) < 4.78 is 38.9. The predicted octanol–water partition coefficient (Wildman–Crippen LogP) is 3.42. The summed E-state index contributed by atoms with van der Waals surface area (Å²) in [6.07, 6.45) is 1.26. The van der Waals surface area contributed by atoms with Gasteiger partial charge in [-0.05, 0) is 50.4 Å². The summed E-state index contributed by atoms with van der Waals surface area (Å²) in [5.41, 5.74) is -3.08. The number of halogens is 2. The Labute approximate surface area is 162 Å². The monoisotopic (exact) mass is 402 g/mol. The molecule has 4 aliphatic rings. The second-order valence-electron chi connectivity index (χ2n) is 10.1. The van der Waals surface area contributed by atoms with Crippen LogP contribution in [0.3, 0.4) is 0 Å². The molecule has 0 aromatic carbocycles. The van der Waals surface area contributed by atoms with Crippen LogP contribution in [0.2, 0.25) is 0 Å². The molecule has 4 fully saturated rings. The van der Waals surface area contributed by atoms with Gasteiger partial charge < -0.3 is 14.6 Å². The number of hydrogen-bond donors (Lipinski definition) is 1. The highest BCUT2D eigenvalue weighted by Crippen LogP contribution is 2.66. The average molecular weight is 402 g/mol. The molecular weight excluding hydrogens is 374 g/mol. The first-order chi connectivity index (χ1) is 12.8. The van der Waals surface area contributed by atoms with Crippen molar-refractivity contribution in [2.24, 2.45) is 28.1 Å². The van der Waals surface area contributed by atoms with Crippen molar-refractivity contribution in [1.29, 1.82) is 0 Å². The van der Waals surface area contributed by atoms with Crippen molar-refractivity contribution in [3.63, 3.8) is 0 Å². The molecule has 0 aliphatic heterocycles. The fourth-order valence-corrected chi connectivity index (χ4v) is 6.10. The standard InChI is InChI=1S/C20H28F2O6/c1-17(2,3)13(20(21,22)14(23)24)28-16(26)19-8-11-5-12(9-19)7-18(6-11,10-19)15(25)27-4/h11-13H,5-10H2,1-4H3,(H,23,24). The zero-order valence-electron chi connectivity index (χ0n) is 16.7. The van der Waals surface area contributed by atoms with Gasteiger partial charge in [0.2, 0.25) is 0 Å². The molecule has 4 aliphatic carbocycles. The van der Waals surface area contributed by atoms with E-state index in [1.807, 2.05) is 0 Å². The number of hydrogen-bond acceptors (Lipinski definition) is 5. The van der Waals surface area contributed by atoms with Crippen LogP contribution in [0.4, 0.5) is 8.78 Å². The Morgan fingerprint density at radius 3 is 1.86 bits per heavy atom. The molecule has 0 aromatic rings. The fourth-order valence-electron chi connectivity index (χ4n) is 6.10. The van der Waals surface area contributed by atoms with E-state index in [1.165, 1.54) is 27.9 Å². The van der Waals surface area contributed by atoms with E-state index in [0.29, 0.717) is 25.7 Å². The smallest absolute Gasteiger partial charge is 0.379 e. The highest BCUT2D eigenvalue weighted by molar-refractivity contribution is 5.84. The zero-order valence-corrected chi connectivity index (χ0v) is 16.7. The number of carbonyl (C=O) groups is 3. The summed E-state index contributed by atoms with van der Waals surface area (Å²) in [6.45, 7) is 4.24. The highest BCUT2D eigenvalue weighted by atomic mass is 19.3. The normalized spacial score (nSPS) is 35.4. The highest BCUT2D eigenvalue weighted by Gasteiger charge is 2.65. The fraction of sp³-hybridized carbons (Fsp3) is 0.850. The molecule has 0 amide bonds. The third kappa shape index (κ3) is 3.18. The maximum absolute atomic E-state index is 14.3. The van der Waals surface area contributed by atoms with E-state index in [2.05, 4.69) is 0 Å². The van der Waals surface area contributed by atoms with Crippen molar-refractivity contribution < 1.29 is 37.7 Å². The van der Waals surface area contributed by atoms with Gasteiger partial charge in [-0.2, -0.15) is 8.78 Å². The van der Waals surface area contributed by atoms with Crippen LogP contribution in [0.5, 0.6) is 0 Å². The van der Waals surface area contributed by atoms with Gasteiger partial charge in [-0.15, -0.1) is 0 Å². The van der Waals surface area contributed by atoms with Crippen LogP contribution in [-0.2, 0) is 23.9 Å². The molecule has 8 heteroatoms. The maximum atomic E-state index is 14.3. The second kappa shape index (κ2) is 6.39. The van der Waals surface area contributed by atoms with E-state index < -0.39 is 40.2 Å². The molecule has 6 nitrogen and oxygen atoms in total. The maximum Gasteiger partial charge on any atom is 0.379 e. The first-order valence-corrected chi connectivity index (χ1v) is 9.66. The van der Waals surface area contributed by atoms with E-state index in [-0.39, 0.29) is 24.2 Å². The predicted molar refractivity (Wildman–Crippen MR) is 93.5 cm³/mol. The SMILES string of the molecule is COC(=O)C12CC3CC(C1)CC(C(=O)OC(C(C)(C)C)C(F)(F)C(=O)O)(C3)C2. The van der Waals surface area contributed by atoms with Crippen LogP contribution in [-0.4, -0.2) is 42.2 Å². The average Bonchev–Trinajstić information content (AvgIpc) is 2.56. The molecular formula is C20H28F2O6. The van der Waals surface area contributed by atoms with Crippen LogP contribution < -0.4 is 0 Å². The number of carbonyl (C=O) groups excluding carboxylic acids is 2. The summed E-state index contributed by atoms with van der Waals surface area (Å²) in [5, 5.41) is 8.97. The molecule has 28 heavy (non-hydrogen) atoms. The van der Waals surface area contributed by atoms with Gasteiger partial charge in [0.1, 0.15) is 0 Å². The Hall–Kier alpha value is -1.73. The second-order valence-corrected chi connectivity index (χ2v) is 10.1. The number of rotatable bonds is 5.